The van der Waals surface area contributed by atoms with Gasteiger partial charge in [-0.1, -0.05) is 6.92 Å². The molecule has 7 nitrogen and oxygen atoms in total. The Balaban J connectivity index is 0.00000392. The average Bonchev–Trinajstić information content (AvgIpc) is 3.20. The van der Waals surface area contributed by atoms with Crippen LogP contribution in [0.15, 0.2) is 4.99 Å². The van der Waals surface area contributed by atoms with Gasteiger partial charge in [-0.3, -0.25) is 4.99 Å². The first-order valence-electron chi connectivity index (χ1n) is 10.2. The minimum absolute atomic E-state index is 0. The standard InChI is InChI=1S/C20H38N4O3.HI/c1-7-21-17(24-10-8-20(14-24)9-11-26-15-20)22-12-16(2)13-23(6)18(25)27-19(3,4)5;/h16H,7-15H2,1-6H3,(H,21,22);1H. The van der Waals surface area contributed by atoms with Crippen molar-refractivity contribution in [3.05, 3.63) is 0 Å². The minimum Gasteiger partial charge on any atom is -0.444 e. The van der Waals surface area contributed by atoms with E-state index in [1.165, 1.54) is 6.42 Å². The van der Waals surface area contributed by atoms with Crippen LogP contribution in [-0.4, -0.2) is 80.4 Å². The van der Waals surface area contributed by atoms with Crippen molar-refractivity contribution in [3.63, 3.8) is 0 Å². The molecular formula is C20H39IN4O3. The van der Waals surface area contributed by atoms with Crippen LogP contribution in [0.2, 0.25) is 0 Å². The van der Waals surface area contributed by atoms with Crippen LogP contribution in [0.5, 0.6) is 0 Å². The number of nitrogens with zero attached hydrogens (tertiary/aromatic N) is 3. The Labute approximate surface area is 187 Å². The number of carbonyl (C=O) groups excluding carboxylic acids is 1. The Kier molecular flexibility index (Phi) is 9.79. The van der Waals surface area contributed by atoms with Gasteiger partial charge in [0.25, 0.3) is 0 Å². The number of likely N-dealkylation sites (tertiary alicyclic amines) is 1. The monoisotopic (exact) mass is 510 g/mol. The molecule has 2 heterocycles. The zero-order valence-corrected chi connectivity index (χ0v) is 20.7. The van der Waals surface area contributed by atoms with E-state index in [0.29, 0.717) is 18.5 Å². The summed E-state index contributed by atoms with van der Waals surface area (Å²) in [7, 11) is 1.78. The second kappa shape index (κ2) is 10.8. The number of amides is 1. The van der Waals surface area contributed by atoms with Crippen LogP contribution in [0, 0.1) is 11.3 Å². The van der Waals surface area contributed by atoms with Gasteiger partial charge in [-0.2, -0.15) is 0 Å². The summed E-state index contributed by atoms with van der Waals surface area (Å²) in [5.41, 5.74) is -0.153. The van der Waals surface area contributed by atoms with Gasteiger partial charge in [0.2, 0.25) is 0 Å². The van der Waals surface area contributed by atoms with E-state index in [1.54, 1.807) is 11.9 Å². The highest BCUT2D eigenvalue weighted by molar-refractivity contribution is 14.0. The maximum absolute atomic E-state index is 12.1. The topological polar surface area (TPSA) is 66.4 Å². The molecule has 1 N–H and O–H groups in total. The van der Waals surface area contributed by atoms with E-state index >= 15 is 0 Å². The predicted molar refractivity (Wildman–Crippen MR) is 123 cm³/mol. The summed E-state index contributed by atoms with van der Waals surface area (Å²) in [6.07, 6.45) is 2.04. The molecule has 0 saturated carbocycles. The highest BCUT2D eigenvalue weighted by atomic mass is 127. The summed E-state index contributed by atoms with van der Waals surface area (Å²) in [5.74, 6) is 1.23. The lowest BCUT2D eigenvalue weighted by Gasteiger charge is -2.27. The SMILES string of the molecule is CCNC(=NCC(C)CN(C)C(=O)OC(C)(C)C)N1CCC2(CCOC2)C1.I. The van der Waals surface area contributed by atoms with Crippen molar-refractivity contribution < 1.29 is 14.3 Å². The molecule has 0 aromatic rings. The molecule has 8 heteroatoms. The van der Waals surface area contributed by atoms with Crippen LogP contribution in [0.1, 0.15) is 47.5 Å². The fraction of sp³-hybridized carbons (Fsp3) is 0.900. The van der Waals surface area contributed by atoms with Gasteiger partial charge < -0.3 is 24.6 Å². The van der Waals surface area contributed by atoms with Crippen molar-refractivity contribution in [2.75, 3.05) is 53.0 Å². The van der Waals surface area contributed by atoms with Gasteiger partial charge in [0.05, 0.1) is 6.61 Å². The molecule has 2 rings (SSSR count). The maximum atomic E-state index is 12.1. The second-order valence-electron chi connectivity index (χ2n) is 9.13. The quantitative estimate of drug-likeness (QED) is 0.350. The molecule has 1 amide bonds. The van der Waals surface area contributed by atoms with Crippen LogP contribution in [0.4, 0.5) is 4.79 Å². The molecule has 2 saturated heterocycles. The van der Waals surface area contributed by atoms with E-state index < -0.39 is 5.60 Å². The third-order valence-electron chi connectivity index (χ3n) is 5.10. The van der Waals surface area contributed by atoms with Gasteiger partial charge in [-0.05, 0) is 46.5 Å². The predicted octanol–water partition coefficient (Wildman–Crippen LogP) is 3.19. The Morgan fingerprint density at radius 2 is 2.11 bits per heavy atom. The zero-order chi connectivity index (χ0) is 20.1. The van der Waals surface area contributed by atoms with Crippen molar-refractivity contribution in [2.45, 2.75) is 53.1 Å². The first-order valence-corrected chi connectivity index (χ1v) is 10.2. The zero-order valence-electron chi connectivity index (χ0n) is 18.4. The van der Waals surface area contributed by atoms with Crippen LogP contribution in [-0.2, 0) is 9.47 Å². The van der Waals surface area contributed by atoms with E-state index in [4.69, 9.17) is 14.5 Å². The molecule has 2 atom stereocenters. The van der Waals surface area contributed by atoms with Crippen molar-refractivity contribution >= 4 is 36.0 Å². The molecule has 0 aromatic carbocycles. The first kappa shape index (κ1) is 25.3. The van der Waals surface area contributed by atoms with Gasteiger partial charge in [-0.15, -0.1) is 24.0 Å². The number of ether oxygens (including phenoxy) is 2. The summed E-state index contributed by atoms with van der Waals surface area (Å²) in [4.78, 5) is 21.0. The molecule has 0 aliphatic carbocycles. The van der Waals surface area contributed by atoms with Crippen LogP contribution < -0.4 is 5.32 Å². The second-order valence-corrected chi connectivity index (χ2v) is 9.13. The highest BCUT2D eigenvalue weighted by Crippen LogP contribution is 2.38. The lowest BCUT2D eigenvalue weighted by molar-refractivity contribution is 0.0279. The van der Waals surface area contributed by atoms with Gasteiger partial charge in [0.1, 0.15) is 5.60 Å². The number of guanidine groups is 1. The lowest BCUT2D eigenvalue weighted by Crippen LogP contribution is -2.42. The third kappa shape index (κ3) is 7.57. The van der Waals surface area contributed by atoms with E-state index in [2.05, 4.69) is 24.1 Å². The Hall–Kier alpha value is -0.770. The third-order valence-corrected chi connectivity index (χ3v) is 5.10. The van der Waals surface area contributed by atoms with Crippen LogP contribution in [0.25, 0.3) is 0 Å². The summed E-state index contributed by atoms with van der Waals surface area (Å²) in [5, 5.41) is 3.42. The molecule has 0 radical (unpaired) electrons. The van der Waals surface area contributed by atoms with Crippen LogP contribution in [0.3, 0.4) is 0 Å². The normalized spacial score (nSPS) is 23.5. The van der Waals surface area contributed by atoms with Gasteiger partial charge >= 0.3 is 6.09 Å². The van der Waals surface area contributed by atoms with E-state index in [-0.39, 0.29) is 36.0 Å². The molecular weight excluding hydrogens is 471 g/mol. The van der Waals surface area contributed by atoms with Gasteiger partial charge in [0.15, 0.2) is 5.96 Å². The summed E-state index contributed by atoms with van der Waals surface area (Å²) in [6.45, 7) is 15.8. The fourth-order valence-corrected chi connectivity index (χ4v) is 3.70. The number of halogens is 1. The first-order chi connectivity index (χ1) is 12.6. The van der Waals surface area contributed by atoms with E-state index in [9.17, 15) is 4.79 Å². The summed E-state index contributed by atoms with van der Waals surface area (Å²) >= 11 is 0. The average molecular weight is 510 g/mol. The molecule has 2 unspecified atom stereocenters. The van der Waals surface area contributed by atoms with Crippen molar-refractivity contribution in [2.24, 2.45) is 16.3 Å². The van der Waals surface area contributed by atoms with Crippen molar-refractivity contribution in [3.8, 4) is 0 Å². The minimum atomic E-state index is -0.472. The maximum Gasteiger partial charge on any atom is 0.410 e. The number of nitrogens with one attached hydrogen (secondary N) is 1. The van der Waals surface area contributed by atoms with Crippen molar-refractivity contribution in [1.82, 2.24) is 15.1 Å². The van der Waals surface area contributed by atoms with Gasteiger partial charge in [0, 0.05) is 51.8 Å². The largest absolute Gasteiger partial charge is 0.444 e. The number of hydrogen-bond donors (Lipinski definition) is 1. The Bertz CT molecular complexity index is 530. The van der Waals surface area contributed by atoms with Gasteiger partial charge in [-0.25, -0.2) is 4.79 Å². The molecule has 28 heavy (non-hydrogen) atoms. The molecule has 2 fully saturated rings. The van der Waals surface area contributed by atoms with Crippen molar-refractivity contribution in [1.29, 1.82) is 0 Å². The molecule has 2 aliphatic rings. The number of hydrogen-bond acceptors (Lipinski definition) is 4. The molecule has 0 aromatic heterocycles. The van der Waals surface area contributed by atoms with Crippen LogP contribution >= 0.6 is 24.0 Å². The van der Waals surface area contributed by atoms with E-state index in [1.807, 2.05) is 20.8 Å². The number of aliphatic imine (C=N–C) groups is 1. The molecule has 0 bridgehead atoms. The lowest BCUT2D eigenvalue weighted by atomic mass is 9.87. The number of rotatable bonds is 5. The number of carbonyl (C=O) groups is 1. The smallest absolute Gasteiger partial charge is 0.410 e. The molecule has 2 aliphatic heterocycles. The summed E-state index contributed by atoms with van der Waals surface area (Å²) in [6, 6.07) is 0. The fourth-order valence-electron chi connectivity index (χ4n) is 3.70. The molecule has 1 spiro atoms. The highest BCUT2D eigenvalue weighted by Gasteiger charge is 2.42. The Morgan fingerprint density at radius 3 is 2.68 bits per heavy atom. The summed E-state index contributed by atoms with van der Waals surface area (Å²) < 4.78 is 11.1. The van der Waals surface area contributed by atoms with E-state index in [0.717, 1.165) is 45.2 Å². The Morgan fingerprint density at radius 1 is 1.39 bits per heavy atom. The molecule has 164 valence electrons.